The molecule has 4 heteroatoms. The Morgan fingerprint density at radius 3 is 2.39 bits per heavy atom. The fraction of sp³-hybridized carbons (Fsp3) is 0.500. The molecule has 0 spiro atoms. The lowest BCUT2D eigenvalue weighted by Gasteiger charge is -2.23. The number of nitrogens with two attached hydrogens (primary N) is 1. The molecular weight excluding hydrogens is 228 g/mol. The third kappa shape index (κ3) is 4.04. The number of benzene rings is 1. The number of carbonyl (C=O) groups is 1. The van der Waals surface area contributed by atoms with Gasteiger partial charge in [0.05, 0.1) is 5.41 Å². The maximum atomic E-state index is 11.0. The number of anilines is 1. The van der Waals surface area contributed by atoms with Crippen LogP contribution in [0.4, 0.5) is 5.69 Å². The zero-order chi connectivity index (χ0) is 13.8. The summed E-state index contributed by atoms with van der Waals surface area (Å²) in [4.78, 5) is 11.0. The van der Waals surface area contributed by atoms with Crippen LogP contribution >= 0.6 is 0 Å². The molecule has 1 rings (SSSR count). The monoisotopic (exact) mass is 250 g/mol. The van der Waals surface area contributed by atoms with Crippen molar-refractivity contribution in [3.63, 3.8) is 0 Å². The second-order valence-corrected chi connectivity index (χ2v) is 5.30. The molecule has 0 aliphatic heterocycles. The number of hydrogen-bond acceptors (Lipinski definition) is 3. The van der Waals surface area contributed by atoms with E-state index in [1.54, 1.807) is 13.8 Å². The smallest absolute Gasteiger partial charge is 0.309 e. The Kier molecular flexibility index (Phi) is 4.73. The van der Waals surface area contributed by atoms with Crippen LogP contribution in [0.1, 0.15) is 25.8 Å². The average molecular weight is 250 g/mol. The summed E-state index contributed by atoms with van der Waals surface area (Å²) in [7, 11) is 1.87. The Hall–Kier alpha value is -1.55. The molecule has 0 amide bonds. The lowest BCUT2D eigenvalue weighted by molar-refractivity contribution is -0.147. The summed E-state index contributed by atoms with van der Waals surface area (Å²) in [5.41, 5.74) is 7.43. The molecule has 0 heterocycles. The maximum absolute atomic E-state index is 11.0. The number of carboxylic acid groups (broad SMARTS) is 1. The highest BCUT2D eigenvalue weighted by Gasteiger charge is 2.29. The predicted molar refractivity (Wildman–Crippen MR) is 73.7 cm³/mol. The molecule has 4 nitrogen and oxygen atoms in total. The molecule has 1 aromatic rings. The molecule has 0 aliphatic rings. The van der Waals surface area contributed by atoms with Crippen LogP contribution in [0.15, 0.2) is 24.3 Å². The highest BCUT2D eigenvalue weighted by atomic mass is 16.4. The molecule has 0 unspecified atom stereocenters. The van der Waals surface area contributed by atoms with Crippen LogP contribution in [-0.2, 0) is 11.2 Å². The van der Waals surface area contributed by atoms with E-state index in [-0.39, 0.29) is 6.04 Å². The second-order valence-electron chi connectivity index (χ2n) is 5.30. The van der Waals surface area contributed by atoms with E-state index in [4.69, 9.17) is 10.8 Å². The molecule has 0 saturated heterocycles. The van der Waals surface area contributed by atoms with Crippen LogP contribution in [0.2, 0.25) is 0 Å². The van der Waals surface area contributed by atoms with Gasteiger partial charge in [-0.25, -0.2) is 0 Å². The molecule has 0 radical (unpaired) electrons. The number of hydrogen-bond donors (Lipinski definition) is 3. The van der Waals surface area contributed by atoms with Crippen LogP contribution in [-0.4, -0.2) is 24.2 Å². The summed E-state index contributed by atoms with van der Waals surface area (Å²) in [5.74, 6) is -0.802. The lowest BCUT2D eigenvalue weighted by Crippen LogP contribution is -2.34. The van der Waals surface area contributed by atoms with Crippen LogP contribution in [0.5, 0.6) is 0 Å². The van der Waals surface area contributed by atoms with Gasteiger partial charge in [-0.05, 0) is 44.4 Å². The number of aliphatic carboxylic acids is 1. The first-order chi connectivity index (χ1) is 8.35. The summed E-state index contributed by atoms with van der Waals surface area (Å²) in [6.45, 7) is 3.42. The molecular formula is C14H22N2O2. The van der Waals surface area contributed by atoms with E-state index in [9.17, 15) is 4.79 Å². The number of carboxylic acids is 1. The van der Waals surface area contributed by atoms with Gasteiger partial charge >= 0.3 is 5.97 Å². The van der Waals surface area contributed by atoms with Crippen LogP contribution in [0.3, 0.4) is 0 Å². The Morgan fingerprint density at radius 2 is 1.94 bits per heavy atom. The van der Waals surface area contributed by atoms with Crippen LogP contribution < -0.4 is 11.1 Å². The topological polar surface area (TPSA) is 75.3 Å². The summed E-state index contributed by atoms with van der Waals surface area (Å²) in [6.07, 6.45) is 1.16. The minimum absolute atomic E-state index is 0.142. The van der Waals surface area contributed by atoms with Crippen molar-refractivity contribution in [1.82, 2.24) is 0 Å². The van der Waals surface area contributed by atoms with E-state index in [1.807, 2.05) is 31.3 Å². The van der Waals surface area contributed by atoms with Crippen molar-refractivity contribution >= 4 is 11.7 Å². The van der Waals surface area contributed by atoms with Gasteiger partial charge in [-0.3, -0.25) is 4.79 Å². The Balaban J connectivity index is 2.58. The van der Waals surface area contributed by atoms with E-state index in [1.165, 1.54) is 0 Å². The molecule has 0 fully saturated rings. The van der Waals surface area contributed by atoms with E-state index in [2.05, 4.69) is 5.32 Å². The normalized spacial score (nSPS) is 13.1. The summed E-state index contributed by atoms with van der Waals surface area (Å²) < 4.78 is 0. The van der Waals surface area contributed by atoms with E-state index >= 15 is 0 Å². The molecule has 1 atom stereocenters. The quantitative estimate of drug-likeness (QED) is 0.722. The highest BCUT2D eigenvalue weighted by molar-refractivity contribution is 5.73. The van der Waals surface area contributed by atoms with Crippen molar-refractivity contribution in [1.29, 1.82) is 0 Å². The van der Waals surface area contributed by atoms with Crippen molar-refractivity contribution < 1.29 is 9.90 Å². The summed E-state index contributed by atoms with van der Waals surface area (Å²) in [6, 6.07) is 7.87. The first-order valence-electron chi connectivity index (χ1n) is 6.11. The minimum Gasteiger partial charge on any atom is -0.481 e. The Labute approximate surface area is 108 Å². The van der Waals surface area contributed by atoms with Gasteiger partial charge in [0.25, 0.3) is 0 Å². The van der Waals surface area contributed by atoms with Crippen LogP contribution in [0.25, 0.3) is 0 Å². The molecule has 100 valence electrons. The highest BCUT2D eigenvalue weighted by Crippen LogP contribution is 2.23. The molecule has 18 heavy (non-hydrogen) atoms. The van der Waals surface area contributed by atoms with Gasteiger partial charge in [-0.1, -0.05) is 12.1 Å². The van der Waals surface area contributed by atoms with Gasteiger partial charge < -0.3 is 16.2 Å². The zero-order valence-corrected chi connectivity index (χ0v) is 11.2. The first kappa shape index (κ1) is 14.5. The lowest BCUT2D eigenvalue weighted by atomic mass is 9.84. The average Bonchev–Trinajstić information content (AvgIpc) is 2.29. The van der Waals surface area contributed by atoms with Crippen molar-refractivity contribution in [3.8, 4) is 0 Å². The summed E-state index contributed by atoms with van der Waals surface area (Å²) in [5, 5.41) is 12.1. The molecule has 0 aromatic heterocycles. The molecule has 1 aromatic carbocycles. The largest absolute Gasteiger partial charge is 0.481 e. The fourth-order valence-corrected chi connectivity index (χ4v) is 1.93. The molecule has 0 bridgehead atoms. The second kappa shape index (κ2) is 5.87. The van der Waals surface area contributed by atoms with Gasteiger partial charge in [0.1, 0.15) is 0 Å². The van der Waals surface area contributed by atoms with Crippen LogP contribution in [0, 0.1) is 5.41 Å². The summed E-state index contributed by atoms with van der Waals surface area (Å²) >= 11 is 0. The molecule has 0 saturated carbocycles. The third-order valence-electron chi connectivity index (χ3n) is 3.09. The van der Waals surface area contributed by atoms with E-state index in [0.717, 1.165) is 11.3 Å². The van der Waals surface area contributed by atoms with Gasteiger partial charge in [0.15, 0.2) is 0 Å². The minimum atomic E-state index is -0.802. The SMILES string of the molecule is CNc1ccc(C[C@H](N)CC(C)(C)C(=O)O)cc1. The van der Waals surface area contributed by atoms with E-state index in [0.29, 0.717) is 12.8 Å². The third-order valence-corrected chi connectivity index (χ3v) is 3.09. The van der Waals surface area contributed by atoms with Gasteiger partial charge in [-0.15, -0.1) is 0 Å². The Morgan fingerprint density at radius 1 is 1.39 bits per heavy atom. The zero-order valence-electron chi connectivity index (χ0n) is 11.2. The number of nitrogens with one attached hydrogen (secondary N) is 1. The molecule has 0 aliphatic carbocycles. The van der Waals surface area contributed by atoms with Crippen molar-refractivity contribution in [2.75, 3.05) is 12.4 Å². The molecule has 4 N–H and O–H groups in total. The number of rotatable bonds is 6. The van der Waals surface area contributed by atoms with Crippen molar-refractivity contribution in [3.05, 3.63) is 29.8 Å². The first-order valence-corrected chi connectivity index (χ1v) is 6.11. The van der Waals surface area contributed by atoms with E-state index < -0.39 is 11.4 Å². The standard InChI is InChI=1S/C14H22N2O2/c1-14(2,13(17)18)9-11(15)8-10-4-6-12(16-3)7-5-10/h4-7,11,16H,8-9,15H2,1-3H3,(H,17,18)/t11-/m0/s1. The van der Waals surface area contributed by atoms with Crippen molar-refractivity contribution in [2.45, 2.75) is 32.7 Å². The maximum Gasteiger partial charge on any atom is 0.309 e. The van der Waals surface area contributed by atoms with Gasteiger partial charge in [0.2, 0.25) is 0 Å². The Bertz CT molecular complexity index is 399. The van der Waals surface area contributed by atoms with Crippen molar-refractivity contribution in [2.24, 2.45) is 11.1 Å². The predicted octanol–water partition coefficient (Wildman–Crippen LogP) is 2.10. The van der Waals surface area contributed by atoms with Gasteiger partial charge in [-0.2, -0.15) is 0 Å². The van der Waals surface area contributed by atoms with Gasteiger partial charge in [0, 0.05) is 18.8 Å². The fourth-order valence-electron chi connectivity index (χ4n) is 1.93.